The second-order valence-corrected chi connectivity index (χ2v) is 7.48. The molecule has 1 heterocycles. The second kappa shape index (κ2) is 7.65. The number of carbonyl (C=O) groups is 1. The maximum Gasteiger partial charge on any atom is 0.243 e. The summed E-state index contributed by atoms with van der Waals surface area (Å²) in [6.07, 6.45) is -0.233. The number of para-hydroxylation sites is 2. The van der Waals surface area contributed by atoms with E-state index in [2.05, 4.69) is 14.7 Å². The van der Waals surface area contributed by atoms with Gasteiger partial charge < -0.3 is 4.98 Å². The van der Waals surface area contributed by atoms with Crippen LogP contribution in [0.1, 0.15) is 18.2 Å². The Morgan fingerprint density at radius 2 is 1.93 bits per heavy atom. The Hall–Kier alpha value is -3.09. The number of hydrogen-bond acceptors (Lipinski definition) is 5. The standard InChI is InChI=1S/C18H15FN4O3S/c19-13-5-1-4-8-17(13)27(25,26)21-10-9-16(24)12(11-20)18-22-14-6-2-3-7-15(14)23-18/h1-8,12,21H,9-10H2,(H,22,23). The first-order chi connectivity index (χ1) is 12.9. The number of aromatic amines is 1. The molecule has 9 heteroatoms. The summed E-state index contributed by atoms with van der Waals surface area (Å²) in [7, 11) is -4.09. The van der Waals surface area contributed by atoms with Crippen molar-refractivity contribution in [1.29, 1.82) is 5.26 Å². The van der Waals surface area contributed by atoms with E-state index in [4.69, 9.17) is 0 Å². The van der Waals surface area contributed by atoms with Gasteiger partial charge in [0, 0.05) is 13.0 Å². The number of benzene rings is 2. The maximum atomic E-state index is 13.6. The van der Waals surface area contributed by atoms with Gasteiger partial charge in [-0.05, 0) is 24.3 Å². The predicted molar refractivity (Wildman–Crippen MR) is 95.7 cm³/mol. The fourth-order valence-corrected chi connectivity index (χ4v) is 3.70. The molecule has 0 spiro atoms. The van der Waals surface area contributed by atoms with Crippen molar-refractivity contribution in [3.8, 4) is 6.07 Å². The number of nitriles is 1. The molecule has 1 aromatic heterocycles. The summed E-state index contributed by atoms with van der Waals surface area (Å²) in [6, 6.07) is 13.9. The molecule has 3 aromatic rings. The summed E-state index contributed by atoms with van der Waals surface area (Å²) in [6.45, 7) is -0.256. The summed E-state index contributed by atoms with van der Waals surface area (Å²) >= 11 is 0. The van der Waals surface area contributed by atoms with E-state index in [1.165, 1.54) is 12.1 Å². The Bertz CT molecular complexity index is 1100. The van der Waals surface area contributed by atoms with E-state index in [-0.39, 0.29) is 18.8 Å². The number of hydrogen-bond donors (Lipinski definition) is 2. The van der Waals surface area contributed by atoms with Crippen LogP contribution in [-0.2, 0) is 14.8 Å². The molecule has 0 aliphatic rings. The van der Waals surface area contributed by atoms with Gasteiger partial charge in [-0.2, -0.15) is 5.26 Å². The number of rotatable bonds is 7. The highest BCUT2D eigenvalue weighted by Crippen LogP contribution is 2.19. The number of carbonyl (C=O) groups excluding carboxylic acids is 1. The molecule has 3 rings (SSSR count). The van der Waals surface area contributed by atoms with Crippen LogP contribution in [0, 0.1) is 17.1 Å². The van der Waals surface area contributed by atoms with E-state index in [1.54, 1.807) is 24.3 Å². The molecule has 7 nitrogen and oxygen atoms in total. The van der Waals surface area contributed by atoms with Gasteiger partial charge in [-0.1, -0.05) is 24.3 Å². The molecular weight excluding hydrogens is 371 g/mol. The summed E-state index contributed by atoms with van der Waals surface area (Å²) in [4.78, 5) is 19.0. The first kappa shape index (κ1) is 18.7. The van der Waals surface area contributed by atoms with E-state index in [9.17, 15) is 22.9 Å². The van der Waals surface area contributed by atoms with E-state index in [0.29, 0.717) is 11.0 Å². The van der Waals surface area contributed by atoms with Crippen LogP contribution in [0.15, 0.2) is 53.4 Å². The molecule has 1 atom stereocenters. The average Bonchev–Trinajstić information content (AvgIpc) is 3.06. The van der Waals surface area contributed by atoms with E-state index in [1.807, 2.05) is 6.07 Å². The number of halogens is 1. The molecule has 0 saturated heterocycles. The molecule has 0 bridgehead atoms. The van der Waals surface area contributed by atoms with Crippen LogP contribution < -0.4 is 4.72 Å². The fraction of sp³-hybridized carbons (Fsp3) is 0.167. The third-order valence-corrected chi connectivity index (χ3v) is 5.42. The smallest absolute Gasteiger partial charge is 0.243 e. The molecular formula is C18H15FN4O3S. The molecule has 0 saturated carbocycles. The molecule has 0 fully saturated rings. The first-order valence-corrected chi connectivity index (χ1v) is 9.52. The Balaban J connectivity index is 1.67. The van der Waals surface area contributed by atoms with Crippen molar-refractivity contribution in [2.75, 3.05) is 6.54 Å². The van der Waals surface area contributed by atoms with Gasteiger partial charge in [0.25, 0.3) is 0 Å². The van der Waals surface area contributed by atoms with E-state index < -0.39 is 32.4 Å². The van der Waals surface area contributed by atoms with Gasteiger partial charge in [-0.3, -0.25) is 4.79 Å². The molecule has 1 unspecified atom stereocenters. The van der Waals surface area contributed by atoms with Crippen molar-refractivity contribution < 1.29 is 17.6 Å². The predicted octanol–water partition coefficient (Wildman–Crippen LogP) is 2.25. The van der Waals surface area contributed by atoms with Crippen LogP contribution in [-0.4, -0.2) is 30.7 Å². The highest BCUT2D eigenvalue weighted by atomic mass is 32.2. The van der Waals surface area contributed by atoms with Crippen molar-refractivity contribution in [2.24, 2.45) is 0 Å². The molecule has 2 aromatic carbocycles. The molecule has 27 heavy (non-hydrogen) atoms. The van der Waals surface area contributed by atoms with Crippen LogP contribution in [0.5, 0.6) is 0 Å². The third kappa shape index (κ3) is 4.02. The van der Waals surface area contributed by atoms with Crippen molar-refractivity contribution in [1.82, 2.24) is 14.7 Å². The van der Waals surface area contributed by atoms with Crippen molar-refractivity contribution in [2.45, 2.75) is 17.2 Å². The van der Waals surface area contributed by atoms with Crippen LogP contribution in [0.2, 0.25) is 0 Å². The van der Waals surface area contributed by atoms with Gasteiger partial charge in [0.15, 0.2) is 11.7 Å². The highest BCUT2D eigenvalue weighted by Gasteiger charge is 2.24. The number of nitrogens with one attached hydrogen (secondary N) is 2. The number of nitrogens with zero attached hydrogens (tertiary/aromatic N) is 2. The fourth-order valence-electron chi connectivity index (χ4n) is 2.59. The van der Waals surface area contributed by atoms with Crippen LogP contribution in [0.4, 0.5) is 4.39 Å². The topological polar surface area (TPSA) is 116 Å². The zero-order valence-electron chi connectivity index (χ0n) is 14.0. The van der Waals surface area contributed by atoms with Gasteiger partial charge in [-0.25, -0.2) is 22.5 Å². The van der Waals surface area contributed by atoms with Crippen molar-refractivity contribution >= 4 is 26.8 Å². The van der Waals surface area contributed by atoms with Crippen molar-refractivity contribution in [3.63, 3.8) is 0 Å². The minimum absolute atomic E-state index is 0.209. The zero-order chi connectivity index (χ0) is 19.4. The summed E-state index contributed by atoms with van der Waals surface area (Å²) in [5.41, 5.74) is 1.32. The minimum Gasteiger partial charge on any atom is -0.340 e. The van der Waals surface area contributed by atoms with Gasteiger partial charge >= 0.3 is 0 Å². The Morgan fingerprint density at radius 3 is 2.63 bits per heavy atom. The van der Waals surface area contributed by atoms with Crippen LogP contribution >= 0.6 is 0 Å². The van der Waals surface area contributed by atoms with Crippen LogP contribution in [0.25, 0.3) is 11.0 Å². The SMILES string of the molecule is N#CC(C(=O)CCNS(=O)(=O)c1ccccc1F)c1nc2ccccc2[nH]1. The van der Waals surface area contributed by atoms with Gasteiger partial charge in [0.2, 0.25) is 10.0 Å². The number of aromatic nitrogens is 2. The molecule has 0 aliphatic carbocycles. The normalized spacial score (nSPS) is 12.6. The largest absolute Gasteiger partial charge is 0.340 e. The number of ketones is 1. The lowest BCUT2D eigenvalue weighted by atomic mass is 10.0. The number of sulfonamides is 1. The Morgan fingerprint density at radius 1 is 1.22 bits per heavy atom. The molecule has 0 aliphatic heterocycles. The number of H-pyrrole nitrogens is 1. The molecule has 0 amide bonds. The quantitative estimate of drug-likeness (QED) is 0.646. The number of Topliss-reactive ketones (excluding diaryl/α,β-unsaturated/α-hetero) is 1. The Kier molecular flexibility index (Phi) is 5.30. The lowest BCUT2D eigenvalue weighted by molar-refractivity contribution is -0.119. The summed E-state index contributed by atoms with van der Waals surface area (Å²) in [5.74, 6) is -2.31. The first-order valence-electron chi connectivity index (χ1n) is 8.03. The van der Waals surface area contributed by atoms with Gasteiger partial charge in [-0.15, -0.1) is 0 Å². The maximum absolute atomic E-state index is 13.6. The average molecular weight is 386 g/mol. The van der Waals surface area contributed by atoms with Crippen molar-refractivity contribution in [3.05, 3.63) is 60.2 Å². The van der Waals surface area contributed by atoms with E-state index >= 15 is 0 Å². The zero-order valence-corrected chi connectivity index (χ0v) is 14.8. The molecule has 138 valence electrons. The minimum atomic E-state index is -4.09. The monoisotopic (exact) mass is 386 g/mol. The lowest BCUT2D eigenvalue weighted by Crippen LogP contribution is -2.28. The van der Waals surface area contributed by atoms with Gasteiger partial charge in [0.05, 0.1) is 17.1 Å². The Labute approximate surface area is 154 Å². The third-order valence-electron chi connectivity index (χ3n) is 3.92. The molecule has 0 radical (unpaired) electrons. The summed E-state index contributed by atoms with van der Waals surface area (Å²) in [5, 5.41) is 9.33. The summed E-state index contributed by atoms with van der Waals surface area (Å²) < 4.78 is 40.0. The second-order valence-electron chi connectivity index (χ2n) is 5.75. The highest BCUT2D eigenvalue weighted by molar-refractivity contribution is 7.89. The molecule has 2 N–H and O–H groups in total. The van der Waals surface area contributed by atoms with Gasteiger partial charge in [0.1, 0.15) is 16.5 Å². The number of fused-ring (bicyclic) bond motifs is 1. The number of imidazole rings is 1. The van der Waals surface area contributed by atoms with E-state index in [0.717, 1.165) is 12.1 Å². The lowest BCUT2D eigenvalue weighted by Gasteiger charge is -2.08. The van der Waals surface area contributed by atoms with Crippen LogP contribution in [0.3, 0.4) is 0 Å².